The number of carbonyl (C=O) groups is 1. The summed E-state index contributed by atoms with van der Waals surface area (Å²) in [5, 5.41) is 13.3. The number of aromatic carboxylic acids is 1. The van der Waals surface area contributed by atoms with Crippen molar-refractivity contribution in [1.29, 1.82) is 0 Å². The third-order valence-corrected chi connectivity index (χ3v) is 4.15. The van der Waals surface area contributed by atoms with E-state index in [1.54, 1.807) is 24.4 Å². The lowest BCUT2D eigenvalue weighted by Gasteiger charge is -2.19. The van der Waals surface area contributed by atoms with Gasteiger partial charge in [0, 0.05) is 19.3 Å². The van der Waals surface area contributed by atoms with E-state index in [4.69, 9.17) is 0 Å². The van der Waals surface area contributed by atoms with E-state index in [1.807, 2.05) is 42.5 Å². The van der Waals surface area contributed by atoms with E-state index in [9.17, 15) is 9.90 Å². The van der Waals surface area contributed by atoms with Crippen molar-refractivity contribution in [3.63, 3.8) is 0 Å². The number of hydrogen-bond donors (Lipinski definition) is 2. The van der Waals surface area contributed by atoms with Crippen LogP contribution in [0.5, 0.6) is 0 Å². The number of hydrogen-bond acceptors (Lipinski definition) is 4. The van der Waals surface area contributed by atoms with Crippen LogP contribution in [0.2, 0.25) is 0 Å². The van der Waals surface area contributed by atoms with Crippen LogP contribution in [0.15, 0.2) is 84.0 Å². The van der Waals surface area contributed by atoms with Crippen LogP contribution in [0.25, 0.3) is 0 Å². The molecule has 0 bridgehead atoms. The number of para-hydroxylation sites is 1. The Hall–Kier alpha value is -3.60. The van der Waals surface area contributed by atoms with Crippen molar-refractivity contribution in [2.24, 2.45) is 5.10 Å². The number of nitrogens with zero attached hydrogens (tertiary/aromatic N) is 2. The van der Waals surface area contributed by atoms with Crippen LogP contribution in [0.4, 0.5) is 11.4 Å². The zero-order chi connectivity index (χ0) is 19.1. The van der Waals surface area contributed by atoms with E-state index in [0.717, 1.165) is 17.8 Å². The molecule has 0 aliphatic rings. The number of carboxylic acid groups (broad SMARTS) is 1. The summed E-state index contributed by atoms with van der Waals surface area (Å²) >= 11 is 0. The molecule has 0 amide bonds. The van der Waals surface area contributed by atoms with Gasteiger partial charge in [0.25, 0.3) is 0 Å². The van der Waals surface area contributed by atoms with Gasteiger partial charge in [0.15, 0.2) is 0 Å². The van der Waals surface area contributed by atoms with Crippen molar-refractivity contribution in [3.05, 3.63) is 95.6 Å². The summed E-state index contributed by atoms with van der Waals surface area (Å²) in [5.41, 5.74) is 6.73. The molecular weight excluding hydrogens is 338 g/mol. The maximum absolute atomic E-state index is 11.2. The molecule has 0 aliphatic heterocycles. The van der Waals surface area contributed by atoms with E-state index in [1.165, 1.54) is 11.6 Å². The molecule has 5 heteroatoms. The standard InChI is InChI=1S/C22H21N3O2/c1-25(16-18-7-3-2-4-8-18)19-13-11-17(12-14-19)15-23-24-21-10-6-5-9-20(21)22(26)27/h2-15,24H,16H2,1H3,(H,26,27). The third kappa shape index (κ3) is 4.95. The minimum Gasteiger partial charge on any atom is -0.478 e. The van der Waals surface area contributed by atoms with E-state index in [-0.39, 0.29) is 5.56 Å². The molecule has 0 spiro atoms. The molecule has 27 heavy (non-hydrogen) atoms. The maximum Gasteiger partial charge on any atom is 0.337 e. The second-order valence-corrected chi connectivity index (χ2v) is 6.15. The largest absolute Gasteiger partial charge is 0.478 e. The van der Waals surface area contributed by atoms with Crippen molar-refractivity contribution in [3.8, 4) is 0 Å². The molecule has 3 rings (SSSR count). The molecule has 0 radical (unpaired) electrons. The Kier molecular flexibility index (Phi) is 5.84. The van der Waals surface area contributed by atoms with Gasteiger partial charge in [-0.2, -0.15) is 5.10 Å². The Morgan fingerprint density at radius 3 is 2.37 bits per heavy atom. The van der Waals surface area contributed by atoms with Crippen molar-refractivity contribution in [1.82, 2.24) is 0 Å². The van der Waals surface area contributed by atoms with E-state index in [0.29, 0.717) is 5.69 Å². The molecule has 0 aromatic heterocycles. The summed E-state index contributed by atoms with van der Waals surface area (Å²) in [5.74, 6) is -0.987. The monoisotopic (exact) mass is 359 g/mol. The number of anilines is 2. The van der Waals surface area contributed by atoms with Gasteiger partial charge >= 0.3 is 5.97 Å². The summed E-state index contributed by atoms with van der Waals surface area (Å²) in [4.78, 5) is 13.4. The molecule has 3 aromatic rings. The van der Waals surface area contributed by atoms with Gasteiger partial charge in [-0.1, -0.05) is 54.6 Å². The van der Waals surface area contributed by atoms with Crippen LogP contribution in [0, 0.1) is 0 Å². The molecule has 0 heterocycles. The fraction of sp³-hybridized carbons (Fsp3) is 0.0909. The van der Waals surface area contributed by atoms with Gasteiger partial charge in [0.2, 0.25) is 0 Å². The molecule has 0 saturated carbocycles. The first-order valence-corrected chi connectivity index (χ1v) is 8.60. The molecule has 0 atom stereocenters. The first-order chi connectivity index (χ1) is 13.1. The van der Waals surface area contributed by atoms with Gasteiger partial charge in [-0.15, -0.1) is 0 Å². The van der Waals surface area contributed by atoms with Gasteiger partial charge in [-0.25, -0.2) is 4.79 Å². The lowest BCUT2D eigenvalue weighted by atomic mass is 10.2. The first-order valence-electron chi connectivity index (χ1n) is 8.60. The lowest BCUT2D eigenvalue weighted by Crippen LogP contribution is -2.16. The Morgan fingerprint density at radius 1 is 1.00 bits per heavy atom. The smallest absolute Gasteiger partial charge is 0.337 e. The van der Waals surface area contributed by atoms with Crippen molar-refractivity contribution in [2.45, 2.75) is 6.54 Å². The Morgan fingerprint density at radius 2 is 1.67 bits per heavy atom. The van der Waals surface area contributed by atoms with Gasteiger partial charge in [-0.3, -0.25) is 5.43 Å². The van der Waals surface area contributed by atoms with Crippen molar-refractivity contribution in [2.75, 3.05) is 17.4 Å². The van der Waals surface area contributed by atoms with Gasteiger partial charge in [0.1, 0.15) is 0 Å². The quantitative estimate of drug-likeness (QED) is 0.483. The summed E-state index contributed by atoms with van der Waals surface area (Å²) in [6.07, 6.45) is 1.67. The van der Waals surface area contributed by atoms with E-state index < -0.39 is 5.97 Å². The van der Waals surface area contributed by atoms with Crippen molar-refractivity contribution >= 4 is 23.6 Å². The van der Waals surface area contributed by atoms with Crippen LogP contribution in [-0.4, -0.2) is 24.3 Å². The van der Waals surface area contributed by atoms with Crippen LogP contribution in [0.3, 0.4) is 0 Å². The number of benzene rings is 3. The zero-order valence-electron chi connectivity index (χ0n) is 15.0. The summed E-state index contributed by atoms with van der Waals surface area (Å²) < 4.78 is 0. The Balaban J connectivity index is 1.62. The molecular formula is C22H21N3O2. The van der Waals surface area contributed by atoms with Gasteiger partial charge in [0.05, 0.1) is 17.5 Å². The number of hydrazone groups is 1. The second-order valence-electron chi connectivity index (χ2n) is 6.15. The predicted molar refractivity (Wildman–Crippen MR) is 110 cm³/mol. The molecule has 5 nitrogen and oxygen atoms in total. The average Bonchev–Trinajstić information content (AvgIpc) is 2.69. The highest BCUT2D eigenvalue weighted by Crippen LogP contribution is 2.17. The highest BCUT2D eigenvalue weighted by atomic mass is 16.4. The summed E-state index contributed by atoms with van der Waals surface area (Å²) in [6.45, 7) is 0.835. The highest BCUT2D eigenvalue weighted by Gasteiger charge is 2.07. The van der Waals surface area contributed by atoms with E-state index >= 15 is 0 Å². The first kappa shape index (κ1) is 18.2. The molecule has 3 aromatic carbocycles. The summed E-state index contributed by atoms with van der Waals surface area (Å²) in [7, 11) is 2.06. The molecule has 0 unspecified atom stereocenters. The maximum atomic E-state index is 11.2. The van der Waals surface area contributed by atoms with Crippen molar-refractivity contribution < 1.29 is 9.90 Å². The topological polar surface area (TPSA) is 64.9 Å². The van der Waals surface area contributed by atoms with Crippen LogP contribution < -0.4 is 10.3 Å². The van der Waals surface area contributed by atoms with Crippen LogP contribution in [0.1, 0.15) is 21.5 Å². The zero-order valence-corrected chi connectivity index (χ0v) is 15.0. The Labute approximate surface area is 158 Å². The summed E-state index contributed by atoms with van der Waals surface area (Å²) in [6, 6.07) is 25.0. The average molecular weight is 359 g/mol. The van der Waals surface area contributed by atoms with Gasteiger partial charge < -0.3 is 10.0 Å². The fourth-order valence-electron chi connectivity index (χ4n) is 2.71. The number of nitrogens with one attached hydrogen (secondary N) is 1. The number of carboxylic acids is 1. The number of rotatable bonds is 7. The third-order valence-electron chi connectivity index (χ3n) is 4.15. The molecule has 0 aliphatic carbocycles. The second kappa shape index (κ2) is 8.67. The molecule has 0 fully saturated rings. The predicted octanol–water partition coefficient (Wildman–Crippen LogP) is 4.47. The SMILES string of the molecule is CN(Cc1ccccc1)c1ccc(C=NNc2ccccc2C(=O)O)cc1. The van der Waals surface area contributed by atoms with E-state index in [2.05, 4.69) is 34.6 Å². The molecule has 136 valence electrons. The van der Waals surface area contributed by atoms with Crippen LogP contribution in [-0.2, 0) is 6.54 Å². The fourth-order valence-corrected chi connectivity index (χ4v) is 2.71. The normalized spacial score (nSPS) is 10.7. The Bertz CT molecular complexity index is 922. The molecule has 2 N–H and O–H groups in total. The molecule has 0 saturated heterocycles. The van der Waals surface area contributed by atoms with Gasteiger partial charge in [-0.05, 0) is 35.4 Å². The highest BCUT2D eigenvalue weighted by molar-refractivity contribution is 5.94. The minimum absolute atomic E-state index is 0.188. The minimum atomic E-state index is -0.987. The lowest BCUT2D eigenvalue weighted by molar-refractivity contribution is 0.0698. The van der Waals surface area contributed by atoms with Crippen LogP contribution >= 0.6 is 0 Å².